The summed E-state index contributed by atoms with van der Waals surface area (Å²) in [5, 5.41) is 10.8. The zero-order valence-electron chi connectivity index (χ0n) is 9.44. The molecule has 3 nitrogen and oxygen atoms in total. The second-order valence-electron chi connectivity index (χ2n) is 3.54. The Labute approximate surface area is 91.1 Å². The van der Waals surface area contributed by atoms with Crippen molar-refractivity contribution in [1.82, 2.24) is 0 Å². The van der Waals surface area contributed by atoms with E-state index < -0.39 is 0 Å². The van der Waals surface area contributed by atoms with Crippen LogP contribution in [-0.2, 0) is 0 Å². The molecule has 0 aromatic heterocycles. The number of hydrogen-bond acceptors (Lipinski definition) is 2. The van der Waals surface area contributed by atoms with Crippen LogP contribution in [0.3, 0.4) is 0 Å². The number of aliphatic hydroxyl groups is 1. The predicted octanol–water partition coefficient (Wildman–Crippen LogP) is 0.702. The molecule has 1 atom stereocenters. The van der Waals surface area contributed by atoms with Gasteiger partial charge < -0.3 is 15.2 Å². The van der Waals surface area contributed by atoms with E-state index in [-0.39, 0.29) is 6.61 Å². The molecule has 0 fully saturated rings. The summed E-state index contributed by atoms with van der Waals surface area (Å²) in [6.45, 7) is 5.78. The summed E-state index contributed by atoms with van der Waals surface area (Å²) in [5.41, 5.74) is 1.26. The Morgan fingerprint density at radius 2 is 2.00 bits per heavy atom. The van der Waals surface area contributed by atoms with E-state index in [1.54, 1.807) is 0 Å². The van der Waals surface area contributed by atoms with Gasteiger partial charge in [-0.15, -0.1) is 0 Å². The topological polar surface area (TPSA) is 46.1 Å². The van der Waals surface area contributed by atoms with Crippen LogP contribution in [0.15, 0.2) is 24.3 Å². The van der Waals surface area contributed by atoms with Crippen molar-refractivity contribution in [2.45, 2.75) is 19.9 Å². The first-order valence-corrected chi connectivity index (χ1v) is 5.45. The fraction of sp³-hybridized carbons (Fsp3) is 0.500. The van der Waals surface area contributed by atoms with Crippen LogP contribution >= 0.6 is 0 Å². The lowest BCUT2D eigenvalue weighted by Gasteiger charge is -2.10. The number of rotatable bonds is 6. The van der Waals surface area contributed by atoms with Crippen LogP contribution in [0.25, 0.3) is 0 Å². The third-order valence-electron chi connectivity index (χ3n) is 2.37. The maximum atomic E-state index is 8.72. The van der Waals surface area contributed by atoms with E-state index in [9.17, 15) is 0 Å². The molecule has 1 rings (SSSR count). The van der Waals surface area contributed by atoms with Crippen LogP contribution in [0.4, 0.5) is 0 Å². The highest BCUT2D eigenvalue weighted by Crippen LogP contribution is 2.15. The molecule has 15 heavy (non-hydrogen) atoms. The SMILES string of the molecule is CCOc1ccc([C@H](C)[NH2+]CCO)cc1. The molecule has 0 saturated carbocycles. The summed E-state index contributed by atoms with van der Waals surface area (Å²) >= 11 is 0. The van der Waals surface area contributed by atoms with Crippen LogP contribution in [-0.4, -0.2) is 24.9 Å². The van der Waals surface area contributed by atoms with Crippen LogP contribution in [0.5, 0.6) is 5.75 Å². The van der Waals surface area contributed by atoms with E-state index >= 15 is 0 Å². The van der Waals surface area contributed by atoms with E-state index in [4.69, 9.17) is 9.84 Å². The quantitative estimate of drug-likeness (QED) is 0.726. The van der Waals surface area contributed by atoms with Crippen LogP contribution in [0, 0.1) is 0 Å². The monoisotopic (exact) mass is 210 g/mol. The Hall–Kier alpha value is -1.06. The van der Waals surface area contributed by atoms with E-state index in [0.717, 1.165) is 12.3 Å². The first-order valence-electron chi connectivity index (χ1n) is 5.45. The van der Waals surface area contributed by atoms with Crippen molar-refractivity contribution in [2.24, 2.45) is 0 Å². The second kappa shape index (κ2) is 6.43. The predicted molar refractivity (Wildman–Crippen MR) is 59.9 cm³/mol. The van der Waals surface area contributed by atoms with Crippen molar-refractivity contribution in [3.05, 3.63) is 29.8 Å². The lowest BCUT2D eigenvalue weighted by molar-refractivity contribution is -0.693. The lowest BCUT2D eigenvalue weighted by atomic mass is 10.1. The molecule has 1 aromatic rings. The van der Waals surface area contributed by atoms with Gasteiger partial charge in [0.1, 0.15) is 11.8 Å². The molecule has 0 aliphatic carbocycles. The highest BCUT2D eigenvalue weighted by atomic mass is 16.5. The normalized spacial score (nSPS) is 12.5. The summed E-state index contributed by atoms with van der Waals surface area (Å²) in [6.07, 6.45) is 0. The molecule has 3 N–H and O–H groups in total. The number of benzene rings is 1. The molecule has 1 aromatic carbocycles. The van der Waals surface area contributed by atoms with Gasteiger partial charge in [0.25, 0.3) is 0 Å². The van der Waals surface area contributed by atoms with Gasteiger partial charge in [-0.3, -0.25) is 0 Å². The average Bonchev–Trinajstić information content (AvgIpc) is 2.27. The van der Waals surface area contributed by atoms with Crippen molar-refractivity contribution in [3.63, 3.8) is 0 Å². The number of quaternary nitrogens is 1. The second-order valence-corrected chi connectivity index (χ2v) is 3.54. The Kier molecular flexibility index (Phi) is 5.15. The molecule has 0 spiro atoms. The van der Waals surface area contributed by atoms with Gasteiger partial charge >= 0.3 is 0 Å². The fourth-order valence-corrected chi connectivity index (χ4v) is 1.49. The van der Waals surface area contributed by atoms with Gasteiger partial charge in [-0.05, 0) is 38.1 Å². The fourth-order valence-electron chi connectivity index (χ4n) is 1.49. The van der Waals surface area contributed by atoms with Crippen molar-refractivity contribution < 1.29 is 15.2 Å². The summed E-state index contributed by atoms with van der Waals surface area (Å²) in [5.74, 6) is 0.913. The zero-order chi connectivity index (χ0) is 11.1. The van der Waals surface area contributed by atoms with Crippen LogP contribution < -0.4 is 10.1 Å². The third-order valence-corrected chi connectivity index (χ3v) is 2.37. The number of ether oxygens (including phenoxy) is 1. The van der Waals surface area contributed by atoms with Crippen LogP contribution in [0.1, 0.15) is 25.5 Å². The largest absolute Gasteiger partial charge is 0.494 e. The maximum absolute atomic E-state index is 8.72. The summed E-state index contributed by atoms with van der Waals surface area (Å²) in [6, 6.07) is 8.50. The molecule has 0 saturated heterocycles. The molecule has 0 radical (unpaired) electrons. The number of nitrogens with two attached hydrogens (primary N) is 1. The Morgan fingerprint density at radius 3 is 2.53 bits per heavy atom. The van der Waals surface area contributed by atoms with Gasteiger partial charge in [0.05, 0.1) is 19.8 Å². The van der Waals surface area contributed by atoms with Gasteiger partial charge in [-0.2, -0.15) is 0 Å². The van der Waals surface area contributed by atoms with E-state index in [2.05, 4.69) is 24.4 Å². The highest BCUT2D eigenvalue weighted by Gasteiger charge is 2.07. The first kappa shape index (κ1) is 12.0. The Morgan fingerprint density at radius 1 is 1.33 bits per heavy atom. The van der Waals surface area contributed by atoms with Crippen molar-refractivity contribution >= 4 is 0 Å². The Balaban J connectivity index is 2.54. The van der Waals surface area contributed by atoms with Gasteiger partial charge in [0, 0.05) is 5.56 Å². The molecular weight excluding hydrogens is 190 g/mol. The van der Waals surface area contributed by atoms with Crippen molar-refractivity contribution in [3.8, 4) is 5.75 Å². The molecule has 0 aliphatic heterocycles. The smallest absolute Gasteiger partial charge is 0.119 e. The maximum Gasteiger partial charge on any atom is 0.119 e. The third kappa shape index (κ3) is 3.90. The lowest BCUT2D eigenvalue weighted by Crippen LogP contribution is -2.85. The van der Waals surface area contributed by atoms with Gasteiger partial charge in [0.15, 0.2) is 0 Å². The molecule has 0 unspecified atom stereocenters. The molecule has 0 aliphatic rings. The minimum absolute atomic E-state index is 0.224. The van der Waals surface area contributed by atoms with Crippen LogP contribution in [0.2, 0.25) is 0 Å². The minimum Gasteiger partial charge on any atom is -0.494 e. The van der Waals surface area contributed by atoms with E-state index in [0.29, 0.717) is 12.6 Å². The zero-order valence-corrected chi connectivity index (χ0v) is 9.44. The summed E-state index contributed by atoms with van der Waals surface area (Å²) in [7, 11) is 0. The van der Waals surface area contributed by atoms with Gasteiger partial charge in [0.2, 0.25) is 0 Å². The van der Waals surface area contributed by atoms with Gasteiger partial charge in [-0.1, -0.05) is 0 Å². The Bertz CT molecular complexity index is 271. The van der Waals surface area contributed by atoms with E-state index in [1.165, 1.54) is 5.56 Å². The highest BCUT2D eigenvalue weighted by molar-refractivity contribution is 5.28. The molecule has 0 amide bonds. The van der Waals surface area contributed by atoms with Crippen molar-refractivity contribution in [2.75, 3.05) is 19.8 Å². The minimum atomic E-state index is 0.224. The summed E-state index contributed by atoms with van der Waals surface area (Å²) < 4.78 is 5.37. The number of aliphatic hydroxyl groups excluding tert-OH is 1. The number of hydrogen-bond donors (Lipinski definition) is 2. The molecule has 0 heterocycles. The van der Waals surface area contributed by atoms with Gasteiger partial charge in [-0.25, -0.2) is 0 Å². The average molecular weight is 210 g/mol. The summed E-state index contributed by atoms with van der Waals surface area (Å²) in [4.78, 5) is 0. The molecule has 84 valence electrons. The first-order chi connectivity index (χ1) is 7.27. The van der Waals surface area contributed by atoms with E-state index in [1.807, 2.05) is 19.1 Å². The molecule has 0 bridgehead atoms. The molecular formula is C12H20NO2+. The molecule has 3 heteroatoms. The standard InChI is InChI=1S/C12H19NO2/c1-3-15-12-6-4-11(5-7-12)10(2)13-8-9-14/h4-7,10,13-14H,3,8-9H2,1-2H3/p+1/t10-/m0/s1. The van der Waals surface area contributed by atoms with Crippen molar-refractivity contribution in [1.29, 1.82) is 0 Å².